The van der Waals surface area contributed by atoms with Crippen molar-refractivity contribution in [2.45, 2.75) is 38.9 Å². The average molecular weight is 163 g/mol. The Bertz CT molecular complexity index is 172. The summed E-state index contributed by atoms with van der Waals surface area (Å²) in [6.07, 6.45) is 1.70. The summed E-state index contributed by atoms with van der Waals surface area (Å²) in [6.45, 7) is 5.84. The second-order valence-corrected chi connectivity index (χ2v) is 5.31. The van der Waals surface area contributed by atoms with Crippen LogP contribution in [0, 0.1) is 4.78 Å². The minimum Gasteiger partial charge on any atom is -0.253 e. The first-order valence-corrected chi connectivity index (χ1v) is 5.59. The van der Waals surface area contributed by atoms with Gasteiger partial charge in [-0.1, -0.05) is 13.8 Å². The van der Waals surface area contributed by atoms with Crippen LogP contribution in [0.4, 0.5) is 0 Å². The standard InChI is InChI=1S/C7H17NOS/c1-4-6-10(8,9)7(3)5-2/h7-8H,4-6H2,1-3H3/t7-,10+/m0/s1. The molecule has 0 bridgehead atoms. The van der Waals surface area contributed by atoms with Gasteiger partial charge in [0.1, 0.15) is 0 Å². The molecule has 0 fully saturated rings. The van der Waals surface area contributed by atoms with Crippen LogP contribution in [0.25, 0.3) is 0 Å². The molecule has 0 heterocycles. The Kier molecular flexibility index (Phi) is 3.94. The van der Waals surface area contributed by atoms with Gasteiger partial charge in [-0.3, -0.25) is 4.78 Å². The molecule has 0 saturated carbocycles. The van der Waals surface area contributed by atoms with Crippen molar-refractivity contribution in [1.82, 2.24) is 0 Å². The predicted molar refractivity (Wildman–Crippen MR) is 45.8 cm³/mol. The molecule has 0 aliphatic heterocycles. The zero-order valence-electron chi connectivity index (χ0n) is 7.02. The zero-order valence-corrected chi connectivity index (χ0v) is 7.83. The lowest BCUT2D eigenvalue weighted by molar-refractivity contribution is 0.659. The molecule has 2 atom stereocenters. The van der Waals surface area contributed by atoms with Gasteiger partial charge in [0.25, 0.3) is 0 Å². The van der Waals surface area contributed by atoms with Crippen molar-refractivity contribution in [3.8, 4) is 0 Å². The Morgan fingerprint density at radius 2 is 2.00 bits per heavy atom. The molecule has 2 nitrogen and oxygen atoms in total. The minimum absolute atomic E-state index is 0.0625. The van der Waals surface area contributed by atoms with Crippen LogP contribution in [-0.4, -0.2) is 15.2 Å². The second kappa shape index (κ2) is 3.96. The van der Waals surface area contributed by atoms with Gasteiger partial charge in [-0.25, -0.2) is 4.21 Å². The first-order chi connectivity index (χ1) is 4.54. The summed E-state index contributed by atoms with van der Waals surface area (Å²) in [5.41, 5.74) is 0. The van der Waals surface area contributed by atoms with Crippen LogP contribution in [0.2, 0.25) is 0 Å². The van der Waals surface area contributed by atoms with Crippen molar-refractivity contribution >= 4 is 9.73 Å². The number of hydrogen-bond acceptors (Lipinski definition) is 2. The van der Waals surface area contributed by atoms with Crippen molar-refractivity contribution < 1.29 is 4.21 Å². The Balaban J connectivity index is 4.12. The monoisotopic (exact) mass is 163 g/mol. The quantitative estimate of drug-likeness (QED) is 0.678. The Morgan fingerprint density at radius 1 is 1.50 bits per heavy atom. The largest absolute Gasteiger partial charge is 0.253 e. The van der Waals surface area contributed by atoms with Crippen molar-refractivity contribution in [1.29, 1.82) is 4.78 Å². The number of nitrogens with one attached hydrogen (secondary N) is 1. The van der Waals surface area contributed by atoms with Crippen LogP contribution in [0.3, 0.4) is 0 Å². The van der Waals surface area contributed by atoms with Gasteiger partial charge in [0.05, 0.1) is 0 Å². The molecule has 62 valence electrons. The lowest BCUT2D eigenvalue weighted by atomic mass is 10.4. The summed E-state index contributed by atoms with van der Waals surface area (Å²) in [6, 6.07) is 0. The third kappa shape index (κ3) is 2.69. The van der Waals surface area contributed by atoms with Crippen LogP contribution in [0.5, 0.6) is 0 Å². The highest BCUT2D eigenvalue weighted by atomic mass is 32.2. The molecule has 0 radical (unpaired) electrons. The molecule has 10 heavy (non-hydrogen) atoms. The van der Waals surface area contributed by atoms with Gasteiger partial charge in [-0.2, -0.15) is 0 Å². The van der Waals surface area contributed by atoms with E-state index < -0.39 is 9.73 Å². The van der Waals surface area contributed by atoms with E-state index in [2.05, 4.69) is 0 Å². The van der Waals surface area contributed by atoms with Crippen LogP contribution >= 0.6 is 0 Å². The van der Waals surface area contributed by atoms with E-state index in [-0.39, 0.29) is 5.25 Å². The van der Waals surface area contributed by atoms with Crippen molar-refractivity contribution in [3.05, 3.63) is 0 Å². The molecule has 0 aliphatic rings. The summed E-state index contributed by atoms with van der Waals surface area (Å²) in [4.78, 5) is 0. The summed E-state index contributed by atoms with van der Waals surface area (Å²) >= 11 is 0. The molecule has 3 heteroatoms. The molecule has 0 amide bonds. The Hall–Kier alpha value is -0.0500. The number of hydrogen-bond donors (Lipinski definition) is 1. The van der Waals surface area contributed by atoms with E-state index in [9.17, 15) is 4.21 Å². The van der Waals surface area contributed by atoms with Gasteiger partial charge >= 0.3 is 0 Å². The maximum Gasteiger partial charge on any atom is 0.0467 e. The van der Waals surface area contributed by atoms with Gasteiger partial charge in [0, 0.05) is 20.7 Å². The van der Waals surface area contributed by atoms with E-state index in [4.69, 9.17) is 4.78 Å². The highest BCUT2D eigenvalue weighted by Crippen LogP contribution is 2.07. The molecule has 0 spiro atoms. The topological polar surface area (TPSA) is 40.9 Å². The fraction of sp³-hybridized carbons (Fsp3) is 1.00. The fourth-order valence-electron chi connectivity index (χ4n) is 0.774. The molecule has 0 aromatic heterocycles. The fourth-order valence-corrected chi connectivity index (χ4v) is 2.32. The lowest BCUT2D eigenvalue weighted by Crippen LogP contribution is -2.18. The number of rotatable bonds is 4. The smallest absolute Gasteiger partial charge is 0.0467 e. The molecule has 1 N–H and O–H groups in total. The van der Waals surface area contributed by atoms with Gasteiger partial charge < -0.3 is 0 Å². The third-order valence-corrected chi connectivity index (χ3v) is 4.38. The van der Waals surface area contributed by atoms with Crippen molar-refractivity contribution in [2.75, 3.05) is 5.75 Å². The average Bonchev–Trinajstić information content (AvgIpc) is 1.86. The van der Waals surface area contributed by atoms with Crippen LogP contribution < -0.4 is 0 Å². The molecular weight excluding hydrogens is 146 g/mol. The summed E-state index contributed by atoms with van der Waals surface area (Å²) < 4.78 is 18.8. The summed E-state index contributed by atoms with van der Waals surface area (Å²) in [5, 5.41) is 0.0625. The van der Waals surface area contributed by atoms with Crippen molar-refractivity contribution in [3.63, 3.8) is 0 Å². The van der Waals surface area contributed by atoms with Crippen molar-refractivity contribution in [2.24, 2.45) is 0 Å². The van der Waals surface area contributed by atoms with Gasteiger partial charge in [0.15, 0.2) is 0 Å². The van der Waals surface area contributed by atoms with Crippen LogP contribution in [0.1, 0.15) is 33.6 Å². The maximum absolute atomic E-state index is 11.4. The molecule has 0 saturated heterocycles. The summed E-state index contributed by atoms with van der Waals surface area (Å²) in [5.74, 6) is 0.558. The van der Waals surface area contributed by atoms with Crippen LogP contribution in [-0.2, 0) is 9.73 Å². The minimum atomic E-state index is -2.26. The molecular formula is C7H17NOS. The molecule has 0 rings (SSSR count). The third-order valence-electron chi connectivity index (χ3n) is 1.73. The molecule has 0 aromatic carbocycles. The van der Waals surface area contributed by atoms with Crippen LogP contribution in [0.15, 0.2) is 0 Å². The van der Waals surface area contributed by atoms with E-state index in [1.807, 2.05) is 20.8 Å². The molecule has 0 aromatic rings. The van der Waals surface area contributed by atoms with E-state index >= 15 is 0 Å². The van der Waals surface area contributed by atoms with Gasteiger partial charge in [0.2, 0.25) is 0 Å². The SMILES string of the molecule is CCC[S@@](=N)(=O)[C@@H](C)CC. The van der Waals surface area contributed by atoms with Gasteiger partial charge in [-0.15, -0.1) is 0 Å². The normalized spacial score (nSPS) is 19.9. The maximum atomic E-state index is 11.4. The van der Waals surface area contributed by atoms with E-state index in [1.54, 1.807) is 0 Å². The Labute approximate surface area is 64.0 Å². The first-order valence-electron chi connectivity index (χ1n) is 3.79. The highest BCUT2D eigenvalue weighted by Gasteiger charge is 2.12. The summed E-state index contributed by atoms with van der Waals surface area (Å²) in [7, 11) is -2.26. The first kappa shape index (κ1) is 9.95. The highest BCUT2D eigenvalue weighted by molar-refractivity contribution is 7.92. The van der Waals surface area contributed by atoms with Gasteiger partial charge in [-0.05, 0) is 19.8 Å². The second-order valence-electron chi connectivity index (χ2n) is 2.65. The Morgan fingerprint density at radius 3 is 2.30 bits per heavy atom. The van der Waals surface area contributed by atoms with E-state index in [1.165, 1.54) is 0 Å². The predicted octanol–water partition coefficient (Wildman–Crippen LogP) is 2.24. The lowest BCUT2D eigenvalue weighted by Gasteiger charge is -2.11. The molecule has 0 aliphatic carbocycles. The van der Waals surface area contributed by atoms with E-state index in [0.717, 1.165) is 12.8 Å². The zero-order chi connectivity index (χ0) is 8.20. The molecule has 0 unspecified atom stereocenters. The van der Waals surface area contributed by atoms with E-state index in [0.29, 0.717) is 5.75 Å².